The Labute approximate surface area is 160 Å². The van der Waals surface area contributed by atoms with E-state index in [2.05, 4.69) is 5.32 Å². The molecule has 7 heteroatoms. The summed E-state index contributed by atoms with van der Waals surface area (Å²) in [6.45, 7) is 5.32. The van der Waals surface area contributed by atoms with Crippen molar-refractivity contribution in [3.05, 3.63) is 59.7 Å². The molecule has 2 rings (SSSR count). The Bertz CT molecular complexity index is 862. The SMILES string of the molecule is Cc1ccc(N(CCC(=O)NC(C)CO)S(=O)(=O)c2ccc(C)cc2)cc1. The number of nitrogens with zero attached hydrogens (tertiary/aromatic N) is 1. The topological polar surface area (TPSA) is 86.7 Å². The zero-order valence-electron chi connectivity index (χ0n) is 15.8. The lowest BCUT2D eigenvalue weighted by atomic mass is 10.2. The summed E-state index contributed by atoms with van der Waals surface area (Å²) < 4.78 is 27.6. The van der Waals surface area contributed by atoms with Crippen molar-refractivity contribution in [2.24, 2.45) is 0 Å². The van der Waals surface area contributed by atoms with Gasteiger partial charge in [0.2, 0.25) is 5.91 Å². The van der Waals surface area contributed by atoms with Gasteiger partial charge in [-0.1, -0.05) is 35.4 Å². The number of sulfonamides is 1. The Morgan fingerprint density at radius 3 is 2.07 bits per heavy atom. The summed E-state index contributed by atoms with van der Waals surface area (Å²) in [6.07, 6.45) is -0.0106. The number of aliphatic hydroxyl groups excluding tert-OH is 1. The van der Waals surface area contributed by atoms with Crippen LogP contribution >= 0.6 is 0 Å². The molecule has 0 fully saturated rings. The molecular weight excluding hydrogens is 364 g/mol. The van der Waals surface area contributed by atoms with Gasteiger partial charge in [0.1, 0.15) is 0 Å². The second-order valence-corrected chi connectivity index (χ2v) is 8.49. The number of anilines is 1. The minimum Gasteiger partial charge on any atom is -0.394 e. The summed E-state index contributed by atoms with van der Waals surface area (Å²) in [7, 11) is -3.81. The molecule has 6 nitrogen and oxygen atoms in total. The number of rotatable bonds is 8. The molecule has 0 aromatic heterocycles. The normalized spacial score (nSPS) is 12.4. The maximum atomic E-state index is 13.2. The van der Waals surface area contributed by atoms with Crippen LogP contribution in [0.15, 0.2) is 53.4 Å². The van der Waals surface area contributed by atoms with Gasteiger partial charge in [0, 0.05) is 19.0 Å². The highest BCUT2D eigenvalue weighted by molar-refractivity contribution is 7.92. The van der Waals surface area contributed by atoms with Crippen LogP contribution in [0.5, 0.6) is 0 Å². The Morgan fingerprint density at radius 2 is 1.56 bits per heavy atom. The molecule has 0 aliphatic heterocycles. The van der Waals surface area contributed by atoms with Crippen LogP contribution in [0.3, 0.4) is 0 Å². The van der Waals surface area contributed by atoms with Crippen LogP contribution in [0.1, 0.15) is 24.5 Å². The summed E-state index contributed by atoms with van der Waals surface area (Å²) in [6, 6.07) is 13.4. The fourth-order valence-corrected chi connectivity index (χ4v) is 4.00. The molecule has 0 aliphatic carbocycles. The lowest BCUT2D eigenvalue weighted by molar-refractivity contribution is -0.121. The third-order valence-electron chi connectivity index (χ3n) is 4.15. The van der Waals surface area contributed by atoms with E-state index < -0.39 is 10.0 Å². The Hall–Kier alpha value is -2.38. The van der Waals surface area contributed by atoms with Gasteiger partial charge in [-0.05, 0) is 45.0 Å². The molecule has 0 heterocycles. The molecule has 0 spiro atoms. The number of aryl methyl sites for hydroxylation is 2. The Morgan fingerprint density at radius 1 is 1.04 bits per heavy atom. The number of hydrogen-bond acceptors (Lipinski definition) is 4. The molecule has 1 amide bonds. The van der Waals surface area contributed by atoms with Gasteiger partial charge in [0.25, 0.3) is 10.0 Å². The maximum absolute atomic E-state index is 13.2. The van der Waals surface area contributed by atoms with Crippen LogP contribution < -0.4 is 9.62 Å². The summed E-state index contributed by atoms with van der Waals surface area (Å²) >= 11 is 0. The van der Waals surface area contributed by atoms with Crippen LogP contribution in [0.2, 0.25) is 0 Å². The summed E-state index contributed by atoms with van der Waals surface area (Å²) in [5, 5.41) is 11.7. The molecule has 0 saturated heterocycles. The fourth-order valence-electron chi connectivity index (χ4n) is 2.53. The predicted molar refractivity (Wildman–Crippen MR) is 106 cm³/mol. The van der Waals surface area contributed by atoms with Crippen molar-refractivity contribution in [2.75, 3.05) is 17.5 Å². The monoisotopic (exact) mass is 390 g/mol. The zero-order chi connectivity index (χ0) is 20.0. The highest BCUT2D eigenvalue weighted by Crippen LogP contribution is 2.24. The first-order valence-corrected chi connectivity index (χ1v) is 10.2. The molecular formula is C20H26N2O4S. The van der Waals surface area contributed by atoms with Gasteiger partial charge in [-0.2, -0.15) is 0 Å². The van der Waals surface area contributed by atoms with Gasteiger partial charge in [0.15, 0.2) is 0 Å². The first-order chi connectivity index (χ1) is 12.7. The number of hydrogen-bond donors (Lipinski definition) is 2. The van der Waals surface area contributed by atoms with Crippen LogP contribution in [0.25, 0.3) is 0 Å². The maximum Gasteiger partial charge on any atom is 0.264 e. The van der Waals surface area contributed by atoms with Gasteiger partial charge in [-0.25, -0.2) is 8.42 Å². The zero-order valence-corrected chi connectivity index (χ0v) is 16.7. The average Bonchev–Trinajstić information content (AvgIpc) is 2.63. The first-order valence-electron chi connectivity index (χ1n) is 8.80. The van der Waals surface area contributed by atoms with E-state index in [1.165, 1.54) is 4.31 Å². The van der Waals surface area contributed by atoms with E-state index in [0.717, 1.165) is 11.1 Å². The fraction of sp³-hybridized carbons (Fsp3) is 0.350. The Balaban J connectivity index is 2.30. The van der Waals surface area contributed by atoms with Gasteiger partial charge in [-0.3, -0.25) is 9.10 Å². The molecule has 0 saturated carbocycles. The third-order valence-corrected chi connectivity index (χ3v) is 6.00. The van der Waals surface area contributed by atoms with Crippen molar-refractivity contribution in [3.63, 3.8) is 0 Å². The second-order valence-electron chi connectivity index (χ2n) is 6.63. The largest absolute Gasteiger partial charge is 0.394 e. The van der Waals surface area contributed by atoms with Crippen molar-refractivity contribution >= 4 is 21.6 Å². The van der Waals surface area contributed by atoms with E-state index in [0.29, 0.717) is 5.69 Å². The number of nitrogens with one attached hydrogen (secondary N) is 1. The van der Waals surface area contributed by atoms with Crippen LogP contribution in [-0.2, 0) is 14.8 Å². The van der Waals surface area contributed by atoms with Gasteiger partial charge >= 0.3 is 0 Å². The van der Waals surface area contributed by atoms with Crippen molar-refractivity contribution in [2.45, 2.75) is 38.1 Å². The summed E-state index contributed by atoms with van der Waals surface area (Å²) in [5.41, 5.74) is 2.48. The van der Waals surface area contributed by atoms with E-state index in [-0.39, 0.29) is 36.4 Å². The van der Waals surface area contributed by atoms with Gasteiger partial charge in [-0.15, -0.1) is 0 Å². The second kappa shape index (κ2) is 9.01. The molecule has 0 aliphatic rings. The molecule has 2 aromatic carbocycles. The molecule has 1 atom stereocenters. The molecule has 146 valence electrons. The van der Waals surface area contributed by atoms with E-state index in [1.807, 2.05) is 26.0 Å². The van der Waals surface area contributed by atoms with E-state index in [1.54, 1.807) is 43.3 Å². The van der Waals surface area contributed by atoms with Crippen LogP contribution in [0.4, 0.5) is 5.69 Å². The first kappa shape index (κ1) is 20.9. The molecule has 0 bridgehead atoms. The molecule has 2 N–H and O–H groups in total. The number of carbonyl (C=O) groups excluding carboxylic acids is 1. The summed E-state index contributed by atoms with van der Waals surface area (Å²) in [4.78, 5) is 12.2. The van der Waals surface area contributed by atoms with Crippen LogP contribution in [-0.4, -0.2) is 38.6 Å². The smallest absolute Gasteiger partial charge is 0.264 e. The summed E-state index contributed by atoms with van der Waals surface area (Å²) in [5.74, 6) is -0.312. The third kappa shape index (κ3) is 5.55. The van der Waals surface area contributed by atoms with Crippen LogP contribution in [0, 0.1) is 13.8 Å². The lowest BCUT2D eigenvalue weighted by Crippen LogP contribution is -2.39. The van der Waals surface area contributed by atoms with Crippen molar-refractivity contribution in [3.8, 4) is 0 Å². The van der Waals surface area contributed by atoms with Crippen molar-refractivity contribution < 1.29 is 18.3 Å². The van der Waals surface area contributed by atoms with Crippen molar-refractivity contribution in [1.82, 2.24) is 5.32 Å². The number of benzene rings is 2. The van der Waals surface area contributed by atoms with Gasteiger partial charge < -0.3 is 10.4 Å². The number of amides is 1. The molecule has 0 radical (unpaired) electrons. The Kier molecular flexibility index (Phi) is 6.98. The van der Waals surface area contributed by atoms with E-state index in [9.17, 15) is 13.2 Å². The van der Waals surface area contributed by atoms with Crippen molar-refractivity contribution in [1.29, 1.82) is 0 Å². The highest BCUT2D eigenvalue weighted by Gasteiger charge is 2.25. The minimum atomic E-state index is -3.81. The molecule has 27 heavy (non-hydrogen) atoms. The lowest BCUT2D eigenvalue weighted by Gasteiger charge is -2.25. The number of aliphatic hydroxyl groups is 1. The van der Waals surface area contributed by atoms with Gasteiger partial charge in [0.05, 0.1) is 17.2 Å². The van der Waals surface area contributed by atoms with E-state index >= 15 is 0 Å². The molecule has 2 aromatic rings. The predicted octanol–water partition coefficient (Wildman–Crippen LogP) is 2.39. The standard InChI is InChI=1S/C20H26N2O4S/c1-15-4-8-18(9-5-15)22(13-12-20(24)21-17(3)14-23)27(25,26)19-10-6-16(2)7-11-19/h4-11,17,23H,12-14H2,1-3H3,(H,21,24). The van der Waals surface area contributed by atoms with E-state index in [4.69, 9.17) is 5.11 Å². The quantitative estimate of drug-likeness (QED) is 0.725. The molecule has 1 unspecified atom stereocenters. The minimum absolute atomic E-state index is 0.00323. The number of carbonyl (C=O) groups is 1. The average molecular weight is 391 g/mol. The highest BCUT2D eigenvalue weighted by atomic mass is 32.2.